The van der Waals surface area contributed by atoms with Crippen LogP contribution >= 0.6 is 0 Å². The molecule has 0 saturated heterocycles. The molecule has 6 nitrogen and oxygen atoms in total. The molecule has 194 valence electrons. The molecule has 0 saturated carbocycles. The first-order valence-corrected chi connectivity index (χ1v) is 11.1. The molecule has 0 amide bonds. The predicted octanol–water partition coefficient (Wildman–Crippen LogP) is 5.84. The molecule has 2 N–H and O–H groups in total. The minimum Gasteiger partial charge on any atom is -0.508 e. The van der Waals surface area contributed by atoms with E-state index in [4.69, 9.17) is 14.2 Å². The number of benzene rings is 3. The van der Waals surface area contributed by atoms with Gasteiger partial charge in [0.1, 0.15) is 30.0 Å². The average Bonchev–Trinajstić information content (AvgIpc) is 2.88. The van der Waals surface area contributed by atoms with Crippen molar-refractivity contribution in [2.24, 2.45) is 0 Å². The first-order valence-electron chi connectivity index (χ1n) is 11.1. The Morgan fingerprint density at radius 2 is 1.62 bits per heavy atom. The summed E-state index contributed by atoms with van der Waals surface area (Å²) in [7, 11) is 2.96. The molecule has 1 aromatic heterocycles. The highest BCUT2D eigenvalue weighted by atomic mass is 19.4. The summed E-state index contributed by atoms with van der Waals surface area (Å²) in [5.74, 6) is -0.702. The van der Waals surface area contributed by atoms with Gasteiger partial charge in [-0.05, 0) is 42.0 Å². The van der Waals surface area contributed by atoms with Crippen molar-refractivity contribution >= 4 is 10.9 Å². The quantitative estimate of drug-likeness (QED) is 0.226. The Kier molecular flexibility index (Phi) is 7.63. The summed E-state index contributed by atoms with van der Waals surface area (Å²) in [6.45, 7) is 0.130. The van der Waals surface area contributed by atoms with Gasteiger partial charge in [0.25, 0.3) is 0 Å². The maximum absolute atomic E-state index is 15.0. The summed E-state index contributed by atoms with van der Waals surface area (Å²) in [4.78, 5) is 4.23. The lowest BCUT2D eigenvalue weighted by atomic mass is 9.90. The van der Waals surface area contributed by atoms with Gasteiger partial charge in [0.15, 0.2) is 6.29 Å². The third-order valence-corrected chi connectivity index (χ3v) is 5.86. The number of ether oxygens (including phenoxy) is 3. The monoisotopic (exact) mass is 517 g/mol. The molecule has 4 rings (SSSR count). The molecule has 1 unspecified atom stereocenters. The number of rotatable bonds is 8. The van der Waals surface area contributed by atoms with E-state index in [1.54, 1.807) is 24.3 Å². The Labute approximate surface area is 209 Å². The molecule has 0 aliphatic carbocycles. The van der Waals surface area contributed by atoms with Crippen LogP contribution in [0.25, 0.3) is 22.0 Å². The van der Waals surface area contributed by atoms with E-state index in [-0.39, 0.29) is 29.0 Å². The standard InChI is InChI=1S/C27H23F4NO5/c1-35-24(36-2)14-37-18-7-3-15(4-8-18)26(34)25-20-10-6-17(33)12-23(20)32-13-21(25)19-9-5-16(11-22(19)28)27(29,30)31/h3-13,24,26,33-34H,14H2,1-2H3. The van der Waals surface area contributed by atoms with Crippen LogP contribution < -0.4 is 4.74 Å². The van der Waals surface area contributed by atoms with E-state index in [9.17, 15) is 27.8 Å². The smallest absolute Gasteiger partial charge is 0.416 e. The molecule has 0 bridgehead atoms. The molecule has 1 atom stereocenters. The number of hydrogen-bond acceptors (Lipinski definition) is 6. The van der Waals surface area contributed by atoms with Crippen LogP contribution in [0.2, 0.25) is 0 Å². The van der Waals surface area contributed by atoms with E-state index in [0.29, 0.717) is 28.3 Å². The number of pyridine rings is 1. The Balaban J connectivity index is 1.77. The Bertz CT molecular complexity index is 1390. The maximum Gasteiger partial charge on any atom is 0.416 e. The molecule has 37 heavy (non-hydrogen) atoms. The van der Waals surface area contributed by atoms with Gasteiger partial charge in [-0.1, -0.05) is 18.2 Å². The first-order chi connectivity index (χ1) is 17.6. The number of phenolic OH excluding ortho intramolecular Hbond substituents is 1. The largest absolute Gasteiger partial charge is 0.508 e. The van der Waals surface area contributed by atoms with Crippen LogP contribution in [0.3, 0.4) is 0 Å². The number of hydrogen-bond donors (Lipinski definition) is 2. The van der Waals surface area contributed by atoms with Gasteiger partial charge in [-0.2, -0.15) is 13.2 Å². The highest BCUT2D eigenvalue weighted by Crippen LogP contribution is 2.40. The fourth-order valence-corrected chi connectivity index (χ4v) is 3.93. The molecule has 0 fully saturated rings. The van der Waals surface area contributed by atoms with Gasteiger partial charge in [0.05, 0.1) is 11.1 Å². The highest BCUT2D eigenvalue weighted by molar-refractivity contribution is 5.90. The van der Waals surface area contributed by atoms with Crippen molar-refractivity contribution < 1.29 is 42.0 Å². The van der Waals surface area contributed by atoms with E-state index in [1.165, 1.54) is 38.6 Å². The van der Waals surface area contributed by atoms with Gasteiger partial charge < -0.3 is 24.4 Å². The number of alkyl halides is 3. The molecular formula is C27H23F4NO5. The van der Waals surface area contributed by atoms with Crippen molar-refractivity contribution in [1.29, 1.82) is 0 Å². The summed E-state index contributed by atoms with van der Waals surface area (Å²) >= 11 is 0. The fourth-order valence-electron chi connectivity index (χ4n) is 3.93. The fraction of sp³-hybridized carbons (Fsp3) is 0.222. The normalized spacial score (nSPS) is 12.8. The SMILES string of the molecule is COC(COc1ccc(C(O)c2c(-c3ccc(C(F)(F)F)cc3F)cnc3cc(O)ccc23)cc1)OC. The summed E-state index contributed by atoms with van der Waals surface area (Å²) in [6, 6.07) is 12.9. The lowest BCUT2D eigenvalue weighted by Gasteiger charge is -2.20. The van der Waals surface area contributed by atoms with Crippen LogP contribution in [0, 0.1) is 5.82 Å². The van der Waals surface area contributed by atoms with Gasteiger partial charge in [-0.25, -0.2) is 4.39 Å². The lowest BCUT2D eigenvalue weighted by Crippen LogP contribution is -2.22. The molecule has 0 aliphatic heterocycles. The number of nitrogens with zero attached hydrogens (tertiary/aromatic N) is 1. The summed E-state index contributed by atoms with van der Waals surface area (Å²) in [5, 5.41) is 21.7. The van der Waals surface area contributed by atoms with Crippen molar-refractivity contribution in [2.75, 3.05) is 20.8 Å². The minimum atomic E-state index is -4.71. The van der Waals surface area contributed by atoms with Crippen LogP contribution in [0.4, 0.5) is 17.6 Å². The zero-order valence-electron chi connectivity index (χ0n) is 19.8. The first kappa shape index (κ1) is 26.3. The van der Waals surface area contributed by atoms with Gasteiger partial charge >= 0.3 is 6.18 Å². The van der Waals surface area contributed by atoms with Crippen molar-refractivity contribution in [2.45, 2.75) is 18.6 Å². The third-order valence-electron chi connectivity index (χ3n) is 5.86. The van der Waals surface area contributed by atoms with Crippen molar-refractivity contribution in [3.05, 3.63) is 89.4 Å². The predicted molar refractivity (Wildman–Crippen MR) is 128 cm³/mol. The average molecular weight is 517 g/mol. The van der Waals surface area contributed by atoms with Crippen LogP contribution in [-0.4, -0.2) is 42.3 Å². The number of halogens is 4. The topological polar surface area (TPSA) is 81.0 Å². The number of phenols is 1. The van der Waals surface area contributed by atoms with Gasteiger partial charge in [0, 0.05) is 48.6 Å². The summed E-state index contributed by atoms with van der Waals surface area (Å²) < 4.78 is 70.0. The third kappa shape index (κ3) is 5.66. The molecule has 10 heteroatoms. The maximum atomic E-state index is 15.0. The van der Waals surface area contributed by atoms with Crippen LogP contribution in [-0.2, 0) is 15.7 Å². The molecule has 0 aliphatic rings. The lowest BCUT2D eigenvalue weighted by molar-refractivity contribution is -0.137. The van der Waals surface area contributed by atoms with E-state index in [0.717, 1.165) is 12.1 Å². The van der Waals surface area contributed by atoms with Crippen molar-refractivity contribution in [1.82, 2.24) is 4.98 Å². The van der Waals surface area contributed by atoms with E-state index in [2.05, 4.69) is 4.98 Å². The van der Waals surface area contributed by atoms with Crippen molar-refractivity contribution in [3.8, 4) is 22.6 Å². The molecule has 3 aromatic carbocycles. The number of aliphatic hydroxyl groups is 1. The van der Waals surface area contributed by atoms with E-state index in [1.807, 2.05) is 0 Å². The summed E-state index contributed by atoms with van der Waals surface area (Å²) in [6.07, 6.45) is -5.33. The van der Waals surface area contributed by atoms with E-state index >= 15 is 0 Å². The second-order valence-corrected chi connectivity index (χ2v) is 8.16. The molecule has 1 heterocycles. The summed E-state index contributed by atoms with van der Waals surface area (Å²) in [5.41, 5.74) is -0.229. The Morgan fingerprint density at radius 1 is 0.919 bits per heavy atom. The van der Waals surface area contributed by atoms with E-state index < -0.39 is 30.0 Å². The molecule has 0 radical (unpaired) electrons. The number of methoxy groups -OCH3 is 2. The van der Waals surface area contributed by atoms with Crippen LogP contribution in [0.15, 0.2) is 66.9 Å². The second kappa shape index (κ2) is 10.7. The highest BCUT2D eigenvalue weighted by Gasteiger charge is 2.32. The van der Waals surface area contributed by atoms with Crippen LogP contribution in [0.5, 0.6) is 11.5 Å². The van der Waals surface area contributed by atoms with Crippen molar-refractivity contribution in [3.63, 3.8) is 0 Å². The zero-order chi connectivity index (χ0) is 26.7. The second-order valence-electron chi connectivity index (χ2n) is 8.16. The van der Waals surface area contributed by atoms with Gasteiger partial charge in [-0.15, -0.1) is 0 Å². The van der Waals surface area contributed by atoms with Gasteiger partial charge in [0.2, 0.25) is 0 Å². The van der Waals surface area contributed by atoms with Crippen LogP contribution in [0.1, 0.15) is 22.8 Å². The zero-order valence-corrected chi connectivity index (χ0v) is 19.8. The Hall–Kier alpha value is -3.73. The molecule has 4 aromatic rings. The minimum absolute atomic E-state index is 0.0687. The number of fused-ring (bicyclic) bond motifs is 1. The Morgan fingerprint density at radius 3 is 2.24 bits per heavy atom. The molecule has 0 spiro atoms. The number of aromatic nitrogens is 1. The molecular weight excluding hydrogens is 494 g/mol. The van der Waals surface area contributed by atoms with Gasteiger partial charge in [-0.3, -0.25) is 4.98 Å². The number of aromatic hydroxyl groups is 1. The number of aliphatic hydroxyl groups excluding tert-OH is 1.